The number of hydrogen-bond acceptors (Lipinski definition) is 5. The summed E-state index contributed by atoms with van der Waals surface area (Å²) >= 11 is 0. The average molecular weight is 585 g/mol. The van der Waals surface area contributed by atoms with Gasteiger partial charge in [0.25, 0.3) is 17.7 Å². The summed E-state index contributed by atoms with van der Waals surface area (Å²) < 4.78 is 9.59. The molecule has 2 N–H and O–H groups in total. The van der Waals surface area contributed by atoms with Crippen molar-refractivity contribution < 1.29 is 24.2 Å². The Labute approximate surface area is 251 Å². The zero-order valence-electron chi connectivity index (χ0n) is 24.1. The fraction of sp³-hybridized carbons (Fsp3) is 0.229. The van der Waals surface area contributed by atoms with Gasteiger partial charge in [-0.2, -0.15) is 0 Å². The average Bonchev–Trinajstić information content (AvgIpc) is 3.72. The first kappa shape index (κ1) is 25.4. The molecule has 1 aliphatic carbocycles. The number of benzene rings is 4. The second kappa shape index (κ2) is 8.48. The third kappa shape index (κ3) is 2.90. The van der Waals surface area contributed by atoms with Gasteiger partial charge in [0.05, 0.1) is 41.9 Å². The first-order valence-electron chi connectivity index (χ1n) is 14.8. The molecule has 3 aliphatic rings. The molecule has 1 saturated carbocycles. The summed E-state index contributed by atoms with van der Waals surface area (Å²) in [7, 11) is 3.14. The van der Waals surface area contributed by atoms with Gasteiger partial charge < -0.3 is 24.3 Å². The zero-order valence-corrected chi connectivity index (χ0v) is 24.1. The van der Waals surface area contributed by atoms with Crippen molar-refractivity contribution in [3.05, 3.63) is 89.5 Å². The monoisotopic (exact) mass is 584 g/mol. The lowest BCUT2D eigenvalue weighted by Gasteiger charge is -2.31. The van der Waals surface area contributed by atoms with Crippen molar-refractivity contribution in [1.29, 1.82) is 0 Å². The number of para-hydroxylation sites is 2. The largest absolute Gasteiger partial charge is 0.497 e. The van der Waals surface area contributed by atoms with Crippen molar-refractivity contribution in [3.8, 4) is 5.75 Å². The van der Waals surface area contributed by atoms with E-state index in [4.69, 9.17) is 4.74 Å². The molecule has 9 rings (SSSR count). The van der Waals surface area contributed by atoms with Crippen molar-refractivity contribution in [1.82, 2.24) is 19.4 Å². The van der Waals surface area contributed by atoms with E-state index >= 15 is 0 Å². The Hall–Kier alpha value is -5.15. The van der Waals surface area contributed by atoms with Crippen LogP contribution in [0.25, 0.3) is 43.6 Å². The van der Waals surface area contributed by atoms with E-state index in [1.54, 1.807) is 14.2 Å². The van der Waals surface area contributed by atoms with Crippen LogP contribution in [0, 0.1) is 0 Å². The first-order valence-corrected chi connectivity index (χ1v) is 14.8. The highest BCUT2D eigenvalue weighted by Crippen LogP contribution is 2.57. The van der Waals surface area contributed by atoms with E-state index in [9.17, 15) is 19.5 Å². The Morgan fingerprint density at radius 1 is 0.886 bits per heavy atom. The van der Waals surface area contributed by atoms with Crippen LogP contribution in [0.3, 0.4) is 0 Å². The molecule has 3 unspecified atom stereocenters. The third-order valence-electron chi connectivity index (χ3n) is 10.1. The topological polar surface area (TPSA) is 106 Å². The summed E-state index contributed by atoms with van der Waals surface area (Å²) in [4.78, 5) is 43.6. The Bertz CT molecular complexity index is 2280. The summed E-state index contributed by atoms with van der Waals surface area (Å²) in [5.41, 5.74) is 3.32. The number of ether oxygens (including phenoxy) is 1. The quantitative estimate of drug-likeness (QED) is 0.282. The van der Waals surface area contributed by atoms with Gasteiger partial charge in [-0.25, -0.2) is 0 Å². The highest BCUT2D eigenvalue weighted by molar-refractivity contribution is 6.39. The Morgan fingerprint density at radius 2 is 1.45 bits per heavy atom. The number of aliphatic hydroxyl groups is 1. The smallest absolute Gasteiger partial charge is 0.262 e. The minimum absolute atomic E-state index is 0.123. The van der Waals surface area contributed by atoms with Crippen LogP contribution in [-0.4, -0.2) is 56.6 Å². The number of nitrogens with zero attached hydrogens (tertiary/aromatic N) is 3. The van der Waals surface area contributed by atoms with Crippen molar-refractivity contribution in [2.75, 3.05) is 14.2 Å². The second-order valence-corrected chi connectivity index (χ2v) is 12.1. The van der Waals surface area contributed by atoms with Gasteiger partial charge in [-0.1, -0.05) is 48.5 Å². The zero-order chi connectivity index (χ0) is 30.1. The summed E-state index contributed by atoms with van der Waals surface area (Å²) in [6, 6.07) is 22.3. The molecular weight excluding hydrogens is 556 g/mol. The molecule has 4 heterocycles. The molecule has 9 heteroatoms. The van der Waals surface area contributed by atoms with Crippen LogP contribution < -0.4 is 10.1 Å². The molecule has 0 spiro atoms. The molecular formula is C35H28N4O5. The molecule has 3 atom stereocenters. The van der Waals surface area contributed by atoms with E-state index in [2.05, 4.69) is 14.5 Å². The van der Waals surface area contributed by atoms with Crippen LogP contribution in [0.2, 0.25) is 0 Å². The van der Waals surface area contributed by atoms with Gasteiger partial charge in [0.1, 0.15) is 5.75 Å². The molecule has 6 aromatic rings. The number of rotatable bonds is 4. The van der Waals surface area contributed by atoms with Crippen LogP contribution in [0.1, 0.15) is 51.2 Å². The number of carbonyl (C=O) groups excluding carboxylic acids is 3. The molecule has 44 heavy (non-hydrogen) atoms. The number of imide groups is 1. The summed E-state index contributed by atoms with van der Waals surface area (Å²) in [6.07, 6.45) is 0.752. The normalized spacial score (nSPS) is 22.1. The van der Waals surface area contributed by atoms with Gasteiger partial charge in [-0.15, -0.1) is 0 Å². The maximum Gasteiger partial charge on any atom is 0.262 e. The number of carbonyl (C=O) groups is 3. The fourth-order valence-electron chi connectivity index (χ4n) is 8.31. The minimum Gasteiger partial charge on any atom is -0.497 e. The lowest BCUT2D eigenvalue weighted by molar-refractivity contribution is -0.142. The molecule has 218 valence electrons. The number of fused-ring (bicyclic) bond motifs is 13. The van der Waals surface area contributed by atoms with Gasteiger partial charge >= 0.3 is 0 Å². The number of hydrogen-bond donors (Lipinski definition) is 2. The SMILES string of the molecule is CNC(=O)C1(O)CC2CC1n1c3ccccc3c3c4c(c5c6ccccc6n2c5c31)C(=O)N(Cc1ccc(OC)cc1)C4=O. The van der Waals surface area contributed by atoms with E-state index in [1.807, 2.05) is 72.8 Å². The number of aromatic nitrogens is 2. The van der Waals surface area contributed by atoms with Crippen LogP contribution in [-0.2, 0) is 11.3 Å². The molecule has 9 nitrogen and oxygen atoms in total. The van der Waals surface area contributed by atoms with E-state index in [0.717, 1.165) is 43.8 Å². The maximum absolute atomic E-state index is 14.5. The predicted octanol–water partition coefficient (Wildman–Crippen LogP) is 5.07. The second-order valence-electron chi connectivity index (χ2n) is 12.1. The lowest BCUT2D eigenvalue weighted by Crippen LogP contribution is -2.49. The van der Waals surface area contributed by atoms with Gasteiger partial charge in [0.2, 0.25) is 0 Å². The van der Waals surface area contributed by atoms with Crippen LogP contribution in [0.4, 0.5) is 0 Å². The number of likely N-dealkylation sites (N-methyl/N-ethyl adjacent to an activating group) is 1. The molecule has 2 aliphatic heterocycles. The highest BCUT2D eigenvalue weighted by Gasteiger charge is 2.56. The predicted molar refractivity (Wildman–Crippen MR) is 166 cm³/mol. The van der Waals surface area contributed by atoms with E-state index < -0.39 is 17.6 Å². The van der Waals surface area contributed by atoms with E-state index in [-0.39, 0.29) is 30.8 Å². The molecule has 0 saturated heterocycles. The van der Waals surface area contributed by atoms with Crippen LogP contribution >= 0.6 is 0 Å². The fourth-order valence-corrected chi connectivity index (χ4v) is 8.31. The number of amides is 3. The van der Waals surface area contributed by atoms with Gasteiger partial charge in [0.15, 0.2) is 5.60 Å². The summed E-state index contributed by atoms with van der Waals surface area (Å²) in [6.45, 7) is 0.123. The van der Waals surface area contributed by atoms with E-state index in [1.165, 1.54) is 4.90 Å². The van der Waals surface area contributed by atoms with E-state index in [0.29, 0.717) is 28.7 Å². The maximum atomic E-state index is 14.5. The number of methoxy groups -OCH3 is 1. The van der Waals surface area contributed by atoms with Crippen molar-refractivity contribution in [2.24, 2.45) is 0 Å². The molecule has 2 bridgehead atoms. The lowest BCUT2D eigenvalue weighted by atomic mass is 9.94. The summed E-state index contributed by atoms with van der Waals surface area (Å²) in [5, 5.41) is 17.9. The van der Waals surface area contributed by atoms with Crippen molar-refractivity contribution >= 4 is 61.3 Å². The van der Waals surface area contributed by atoms with Gasteiger partial charge in [-0.05, 0) is 36.2 Å². The van der Waals surface area contributed by atoms with Crippen molar-refractivity contribution in [2.45, 2.75) is 37.1 Å². The van der Waals surface area contributed by atoms with Crippen LogP contribution in [0.15, 0.2) is 72.8 Å². The van der Waals surface area contributed by atoms with Gasteiger partial charge in [0, 0.05) is 52.1 Å². The molecule has 4 aromatic carbocycles. The number of nitrogens with one attached hydrogen (secondary N) is 1. The highest BCUT2D eigenvalue weighted by atomic mass is 16.5. The minimum atomic E-state index is -1.66. The van der Waals surface area contributed by atoms with Crippen molar-refractivity contribution in [3.63, 3.8) is 0 Å². The summed E-state index contributed by atoms with van der Waals surface area (Å²) in [5.74, 6) is -0.400. The van der Waals surface area contributed by atoms with Gasteiger partial charge in [-0.3, -0.25) is 19.3 Å². The Kier molecular flexibility index (Phi) is 4.89. The molecule has 2 aromatic heterocycles. The standard InChI is InChI=1S/C35H28N4O5/c1-36-34(42)35(43)16-19-15-25(35)39-24-10-6-4-8-22(24)27-29-28(26-21-7-3-5-9-23(21)38(19)30(26)31(27)39)32(40)37(33(29)41)17-18-11-13-20(44-2)14-12-18/h3-14,19,25,43H,15-17H2,1-2H3,(H,36,42). The first-order chi connectivity index (χ1) is 21.4. The Morgan fingerprint density at radius 3 is 2.05 bits per heavy atom. The van der Waals surface area contributed by atoms with Crippen LogP contribution in [0.5, 0.6) is 5.75 Å². The third-order valence-corrected chi connectivity index (χ3v) is 10.1. The molecule has 3 amide bonds. The molecule has 1 fully saturated rings. The molecule has 0 radical (unpaired) electrons. The Balaban J connectivity index is 1.42.